The summed E-state index contributed by atoms with van der Waals surface area (Å²) >= 11 is 0. The van der Waals surface area contributed by atoms with Crippen LogP contribution in [0.4, 0.5) is 0 Å². The standard InChI is InChI=1S/C72H140O17P2/c1-7-10-12-14-16-18-19-20-21-22-23-24-25-31-38-44-50-56-71(76)88-67(61-83-70(75)55-49-43-37-30-27-26-29-34-40-46-52-64(4)5)62-86-90(78,79)84-58-66(73)59-85-91(80,81)87-63-68(60-82-69(74)54-48-42-36-28-17-15-13-11-8-2)89-72(77)57-51-45-39-33-32-35-41-47-53-65(6)9-3/h64-68,73H,7-63H2,1-6H3,(H,78,79)(H,80,81)/t65?,66-,67-,68-/m1/s1. The van der Waals surface area contributed by atoms with Gasteiger partial charge in [-0.15, -0.1) is 0 Å². The third kappa shape index (κ3) is 65.1. The molecule has 3 unspecified atom stereocenters. The maximum Gasteiger partial charge on any atom is 0.472 e. The summed E-state index contributed by atoms with van der Waals surface area (Å²) in [5.41, 5.74) is 0. The van der Waals surface area contributed by atoms with Crippen LogP contribution in [0.15, 0.2) is 0 Å². The van der Waals surface area contributed by atoms with E-state index in [1.54, 1.807) is 0 Å². The highest BCUT2D eigenvalue weighted by molar-refractivity contribution is 7.47. The largest absolute Gasteiger partial charge is 0.472 e. The summed E-state index contributed by atoms with van der Waals surface area (Å²) in [7, 11) is -9.90. The Kier molecular flexibility index (Phi) is 62.7. The molecule has 0 aliphatic carbocycles. The van der Waals surface area contributed by atoms with Gasteiger partial charge in [-0.3, -0.25) is 37.3 Å². The normalized spacial score (nSPS) is 14.4. The zero-order valence-corrected chi connectivity index (χ0v) is 60.9. The van der Waals surface area contributed by atoms with Crippen LogP contribution in [0.25, 0.3) is 0 Å². The van der Waals surface area contributed by atoms with Crippen molar-refractivity contribution in [3.05, 3.63) is 0 Å². The topological polar surface area (TPSA) is 237 Å². The number of aliphatic hydroxyl groups excluding tert-OH is 1. The number of carbonyl (C=O) groups excluding carboxylic acids is 4. The molecule has 0 aliphatic heterocycles. The van der Waals surface area contributed by atoms with Gasteiger partial charge in [-0.25, -0.2) is 9.13 Å². The first-order valence-corrected chi connectivity index (χ1v) is 40.5. The lowest BCUT2D eigenvalue weighted by Gasteiger charge is -2.21. The molecule has 0 rings (SSSR count). The molecule has 0 aromatic rings. The number of ether oxygens (including phenoxy) is 4. The van der Waals surface area contributed by atoms with E-state index in [-0.39, 0.29) is 25.7 Å². The van der Waals surface area contributed by atoms with Crippen molar-refractivity contribution in [2.24, 2.45) is 11.8 Å². The number of phosphoric acid groups is 2. The quantitative estimate of drug-likeness (QED) is 0.0222. The molecule has 6 atom stereocenters. The van der Waals surface area contributed by atoms with Gasteiger partial charge >= 0.3 is 39.5 Å². The summed E-state index contributed by atoms with van der Waals surface area (Å²) < 4.78 is 68.3. The van der Waals surface area contributed by atoms with Crippen LogP contribution in [-0.4, -0.2) is 96.7 Å². The fourth-order valence-corrected chi connectivity index (χ4v) is 12.5. The summed E-state index contributed by atoms with van der Waals surface area (Å²) in [4.78, 5) is 72.6. The number of aliphatic hydroxyl groups is 1. The molecule has 91 heavy (non-hydrogen) atoms. The predicted molar refractivity (Wildman–Crippen MR) is 368 cm³/mol. The van der Waals surface area contributed by atoms with Crippen molar-refractivity contribution >= 4 is 39.5 Å². The molecular weight excluding hydrogens is 1200 g/mol. The summed E-state index contributed by atoms with van der Waals surface area (Å²) in [6.45, 7) is 9.54. The zero-order chi connectivity index (χ0) is 67.2. The van der Waals surface area contributed by atoms with Gasteiger partial charge in [0.25, 0.3) is 0 Å². The number of carbonyl (C=O) groups is 4. The van der Waals surface area contributed by atoms with E-state index in [9.17, 15) is 43.2 Å². The summed E-state index contributed by atoms with van der Waals surface area (Å²) in [6.07, 6.45) is 49.9. The molecule has 0 saturated heterocycles. The highest BCUT2D eigenvalue weighted by atomic mass is 31.2. The van der Waals surface area contributed by atoms with Crippen LogP contribution in [0, 0.1) is 11.8 Å². The Labute approximate surface area is 556 Å². The van der Waals surface area contributed by atoms with Gasteiger partial charge in [0, 0.05) is 25.7 Å². The Morgan fingerprint density at radius 2 is 0.560 bits per heavy atom. The second-order valence-electron chi connectivity index (χ2n) is 26.7. The lowest BCUT2D eigenvalue weighted by atomic mass is 9.99. The van der Waals surface area contributed by atoms with Crippen molar-refractivity contribution < 1.29 is 80.2 Å². The van der Waals surface area contributed by atoms with Crippen molar-refractivity contribution in [1.29, 1.82) is 0 Å². The monoisotopic (exact) mass is 1340 g/mol. The molecule has 0 aromatic heterocycles. The van der Waals surface area contributed by atoms with E-state index in [0.29, 0.717) is 25.7 Å². The van der Waals surface area contributed by atoms with Gasteiger partial charge < -0.3 is 33.8 Å². The average molecular weight is 1340 g/mol. The number of esters is 4. The molecule has 0 spiro atoms. The maximum absolute atomic E-state index is 13.0. The number of phosphoric ester groups is 2. The smallest absolute Gasteiger partial charge is 0.462 e. The molecular formula is C72H140O17P2. The van der Waals surface area contributed by atoms with E-state index < -0.39 is 97.5 Å². The molecule has 19 heteroatoms. The van der Waals surface area contributed by atoms with Crippen LogP contribution < -0.4 is 0 Å². The Balaban J connectivity index is 5.24. The van der Waals surface area contributed by atoms with Crippen LogP contribution in [0.2, 0.25) is 0 Å². The highest BCUT2D eigenvalue weighted by Gasteiger charge is 2.30. The van der Waals surface area contributed by atoms with E-state index >= 15 is 0 Å². The van der Waals surface area contributed by atoms with Gasteiger partial charge in [0.15, 0.2) is 12.2 Å². The SMILES string of the molecule is CCCCCCCCCCCCCCCCCCCC(=O)O[C@H](COC(=O)CCCCCCCCCCCCC(C)C)COP(=O)(O)OC[C@@H](O)COP(=O)(O)OC[C@@H](COC(=O)CCCCCCCCCCC)OC(=O)CCCCCCCCCCC(C)CC. The van der Waals surface area contributed by atoms with Crippen molar-refractivity contribution in [3.8, 4) is 0 Å². The molecule has 0 aliphatic rings. The van der Waals surface area contributed by atoms with Crippen LogP contribution in [-0.2, 0) is 65.4 Å². The van der Waals surface area contributed by atoms with E-state index in [0.717, 1.165) is 102 Å². The molecule has 0 saturated carbocycles. The zero-order valence-electron chi connectivity index (χ0n) is 59.1. The second kappa shape index (κ2) is 64.1. The van der Waals surface area contributed by atoms with Gasteiger partial charge in [0.05, 0.1) is 26.4 Å². The van der Waals surface area contributed by atoms with Crippen molar-refractivity contribution in [1.82, 2.24) is 0 Å². The second-order valence-corrected chi connectivity index (χ2v) is 29.6. The van der Waals surface area contributed by atoms with Crippen molar-refractivity contribution in [3.63, 3.8) is 0 Å². The molecule has 0 aromatic carbocycles. The van der Waals surface area contributed by atoms with Gasteiger partial charge in [-0.2, -0.15) is 0 Å². The minimum Gasteiger partial charge on any atom is -0.462 e. The Morgan fingerprint density at radius 1 is 0.319 bits per heavy atom. The minimum atomic E-state index is -4.95. The van der Waals surface area contributed by atoms with Gasteiger partial charge in [-0.1, -0.05) is 318 Å². The van der Waals surface area contributed by atoms with E-state index in [1.165, 1.54) is 186 Å². The first-order valence-electron chi connectivity index (χ1n) is 37.5. The van der Waals surface area contributed by atoms with Crippen LogP contribution in [0.5, 0.6) is 0 Å². The fraction of sp³-hybridized carbons (Fsp3) is 0.944. The third-order valence-electron chi connectivity index (χ3n) is 17.1. The Bertz CT molecular complexity index is 1770. The van der Waals surface area contributed by atoms with Crippen molar-refractivity contribution in [2.45, 2.75) is 387 Å². The summed E-state index contributed by atoms with van der Waals surface area (Å²) in [6, 6.07) is 0. The van der Waals surface area contributed by atoms with Gasteiger partial charge in [0.2, 0.25) is 0 Å². The molecule has 0 radical (unpaired) electrons. The molecule has 540 valence electrons. The first kappa shape index (κ1) is 89.1. The Morgan fingerprint density at radius 3 is 0.835 bits per heavy atom. The third-order valence-corrected chi connectivity index (χ3v) is 19.0. The molecule has 0 bridgehead atoms. The minimum absolute atomic E-state index is 0.105. The number of hydrogen-bond acceptors (Lipinski definition) is 15. The van der Waals surface area contributed by atoms with Crippen LogP contribution in [0.1, 0.15) is 369 Å². The van der Waals surface area contributed by atoms with E-state index in [2.05, 4.69) is 41.5 Å². The lowest BCUT2D eigenvalue weighted by molar-refractivity contribution is -0.161. The summed E-state index contributed by atoms with van der Waals surface area (Å²) in [5.74, 6) is -0.595. The Hall–Kier alpha value is -1.94. The van der Waals surface area contributed by atoms with Crippen LogP contribution in [0.3, 0.4) is 0 Å². The van der Waals surface area contributed by atoms with Crippen LogP contribution >= 0.6 is 15.6 Å². The van der Waals surface area contributed by atoms with E-state index in [4.69, 9.17) is 37.0 Å². The highest BCUT2D eigenvalue weighted by Crippen LogP contribution is 2.45. The molecule has 17 nitrogen and oxygen atoms in total. The molecule has 0 fully saturated rings. The van der Waals surface area contributed by atoms with Gasteiger partial charge in [-0.05, 0) is 37.5 Å². The fourth-order valence-electron chi connectivity index (χ4n) is 10.9. The first-order chi connectivity index (χ1) is 43.9. The number of unbranched alkanes of at least 4 members (excludes halogenated alkanes) is 40. The average Bonchev–Trinajstić information content (AvgIpc) is 2.26. The lowest BCUT2D eigenvalue weighted by Crippen LogP contribution is -2.30. The predicted octanol–water partition coefficient (Wildman–Crippen LogP) is 20.8. The van der Waals surface area contributed by atoms with Crippen molar-refractivity contribution in [2.75, 3.05) is 39.6 Å². The molecule has 3 N–H and O–H groups in total. The molecule has 0 amide bonds. The number of hydrogen-bond donors (Lipinski definition) is 3. The van der Waals surface area contributed by atoms with E-state index in [1.807, 2.05) is 0 Å². The van der Waals surface area contributed by atoms with Gasteiger partial charge in [0.1, 0.15) is 19.3 Å². The number of rotatable bonds is 71. The summed E-state index contributed by atoms with van der Waals surface area (Å²) in [5, 5.41) is 10.6. The maximum atomic E-state index is 13.0. The molecule has 0 heterocycles.